The maximum Gasteiger partial charge on any atom is 0.316 e. The SMILES string of the molecule is CC(C)c1cccc(C(C)C)c1O.CCOC(=O)C1(c2ccccc2)CCN(C)CC1.CN1CC[C@]23c4c5ccc(O)c4O[C@H]2[C@@H](O)C=C[C@H]3[C@H]1C5. The number of hydrogen-bond acceptors (Lipinski definition) is 8. The molecule has 3 heterocycles. The lowest BCUT2D eigenvalue weighted by molar-refractivity contribution is -0.152. The molecule has 3 N–H and O–H groups in total. The summed E-state index contributed by atoms with van der Waals surface area (Å²) >= 11 is 0. The maximum atomic E-state index is 12.4. The van der Waals surface area contributed by atoms with Gasteiger partial charge in [-0.3, -0.25) is 4.79 Å². The molecule has 2 fully saturated rings. The lowest BCUT2D eigenvalue weighted by Gasteiger charge is -2.56. The normalized spacial score (nSPS) is 26.7. The van der Waals surface area contributed by atoms with Crippen LogP contribution in [0, 0.1) is 5.92 Å². The van der Waals surface area contributed by atoms with Crippen molar-refractivity contribution in [2.75, 3.05) is 40.3 Å². The van der Waals surface area contributed by atoms with E-state index in [1.165, 1.54) is 11.1 Å². The Labute approximate surface area is 310 Å². The molecule has 0 saturated carbocycles. The third kappa shape index (κ3) is 6.63. The van der Waals surface area contributed by atoms with Gasteiger partial charge in [0.05, 0.1) is 12.0 Å². The number of benzene rings is 3. The van der Waals surface area contributed by atoms with E-state index < -0.39 is 11.5 Å². The number of nitrogens with zero attached hydrogens (tertiary/aromatic N) is 2. The van der Waals surface area contributed by atoms with Crippen LogP contribution in [-0.4, -0.2) is 89.7 Å². The minimum atomic E-state index is -0.594. The second-order valence-corrected chi connectivity index (χ2v) is 16.0. The third-order valence-corrected chi connectivity index (χ3v) is 12.3. The molecule has 2 saturated heterocycles. The quantitative estimate of drug-likeness (QED) is 0.191. The van der Waals surface area contributed by atoms with E-state index in [0.29, 0.717) is 41.9 Å². The van der Waals surface area contributed by atoms with Crippen LogP contribution in [0.5, 0.6) is 17.2 Å². The van der Waals surface area contributed by atoms with Gasteiger partial charge in [-0.1, -0.05) is 94.4 Å². The Bertz CT molecular complexity index is 1720. The van der Waals surface area contributed by atoms with Gasteiger partial charge in [0.15, 0.2) is 11.5 Å². The van der Waals surface area contributed by atoms with Crippen molar-refractivity contribution in [3.8, 4) is 17.2 Å². The summed E-state index contributed by atoms with van der Waals surface area (Å²) in [6.07, 6.45) is 6.86. The van der Waals surface area contributed by atoms with Crippen LogP contribution in [0.4, 0.5) is 0 Å². The fourth-order valence-electron chi connectivity index (χ4n) is 9.39. The number of likely N-dealkylation sites (tertiary alicyclic amines) is 2. The summed E-state index contributed by atoms with van der Waals surface area (Å²) in [5.74, 6) is 2.38. The smallest absolute Gasteiger partial charge is 0.316 e. The Balaban J connectivity index is 0.000000138. The number of likely N-dealkylation sites (N-methyl/N-ethyl adjacent to an activating group) is 1. The van der Waals surface area contributed by atoms with E-state index in [2.05, 4.69) is 57.7 Å². The Morgan fingerprint density at radius 1 is 0.885 bits per heavy atom. The van der Waals surface area contributed by atoms with Crippen LogP contribution in [0.3, 0.4) is 0 Å². The number of piperidine rings is 2. The van der Waals surface area contributed by atoms with Crippen molar-refractivity contribution < 1.29 is 29.6 Å². The lowest BCUT2D eigenvalue weighted by Crippen LogP contribution is -2.64. The highest BCUT2D eigenvalue weighted by Gasteiger charge is 2.64. The van der Waals surface area contributed by atoms with E-state index in [1.54, 1.807) is 6.07 Å². The van der Waals surface area contributed by atoms with E-state index in [1.807, 2.05) is 67.6 Å². The molecule has 8 rings (SSSR count). The van der Waals surface area contributed by atoms with E-state index in [9.17, 15) is 20.1 Å². The molecule has 3 aliphatic heterocycles. The Kier molecular flexibility index (Phi) is 11.1. The molecule has 2 aliphatic carbocycles. The van der Waals surface area contributed by atoms with Crippen molar-refractivity contribution in [3.05, 3.63) is 101 Å². The van der Waals surface area contributed by atoms with E-state index >= 15 is 0 Å². The molecular weight excluding hydrogens is 652 g/mol. The average Bonchev–Trinajstić information content (AvgIpc) is 3.49. The first kappa shape index (κ1) is 37.9. The highest BCUT2D eigenvalue weighted by atomic mass is 16.5. The first-order valence-corrected chi connectivity index (χ1v) is 19.2. The van der Waals surface area contributed by atoms with Gasteiger partial charge in [-0.15, -0.1) is 0 Å². The fraction of sp³-hybridized carbons (Fsp3) is 0.523. The number of carbonyl (C=O) groups is 1. The van der Waals surface area contributed by atoms with Crippen molar-refractivity contribution >= 4 is 5.97 Å². The van der Waals surface area contributed by atoms with Crippen molar-refractivity contribution in [1.29, 1.82) is 0 Å². The van der Waals surface area contributed by atoms with Gasteiger partial charge in [-0.2, -0.15) is 0 Å². The Morgan fingerprint density at radius 2 is 1.54 bits per heavy atom. The fourth-order valence-corrected chi connectivity index (χ4v) is 9.39. The van der Waals surface area contributed by atoms with Gasteiger partial charge in [0.2, 0.25) is 0 Å². The number of aromatic hydroxyl groups is 2. The Hall–Kier alpha value is -3.85. The molecule has 280 valence electrons. The number of para-hydroxylation sites is 1. The minimum Gasteiger partial charge on any atom is -0.507 e. The molecule has 0 amide bonds. The number of phenols is 2. The third-order valence-electron chi connectivity index (χ3n) is 12.3. The molecule has 5 aliphatic rings. The number of ether oxygens (including phenoxy) is 2. The molecule has 0 radical (unpaired) electrons. The molecule has 1 spiro atoms. The number of rotatable bonds is 5. The van der Waals surface area contributed by atoms with Crippen molar-refractivity contribution in [2.45, 2.75) is 101 Å². The summed E-state index contributed by atoms with van der Waals surface area (Å²) < 4.78 is 11.4. The Morgan fingerprint density at radius 3 is 2.15 bits per heavy atom. The van der Waals surface area contributed by atoms with Crippen LogP contribution >= 0.6 is 0 Å². The molecular formula is C44H58N2O6. The minimum absolute atomic E-state index is 0.0655. The van der Waals surface area contributed by atoms with E-state index in [0.717, 1.165) is 62.0 Å². The number of hydrogen-bond donors (Lipinski definition) is 3. The lowest BCUT2D eigenvalue weighted by atomic mass is 9.53. The van der Waals surface area contributed by atoms with Crippen LogP contribution < -0.4 is 4.74 Å². The highest BCUT2D eigenvalue weighted by Crippen LogP contribution is 2.62. The van der Waals surface area contributed by atoms with Gasteiger partial charge in [-0.05, 0) is 106 Å². The number of aliphatic hydroxyl groups is 1. The summed E-state index contributed by atoms with van der Waals surface area (Å²) in [4.78, 5) is 17.1. The zero-order valence-electron chi connectivity index (χ0n) is 32.0. The molecule has 52 heavy (non-hydrogen) atoms. The van der Waals surface area contributed by atoms with Crippen molar-refractivity contribution in [3.63, 3.8) is 0 Å². The summed E-state index contributed by atoms with van der Waals surface area (Å²) in [5, 5.41) is 30.6. The largest absolute Gasteiger partial charge is 0.507 e. The van der Waals surface area contributed by atoms with Crippen LogP contribution in [0.25, 0.3) is 0 Å². The standard InChI is InChI=1S/C17H19NO3.C15H21NO2.C12H18O/c1-18-7-6-17-10-3-5-13(20)16(17)21-15-12(19)4-2-9(14(15)17)8-11(10)18;1-3-18-14(17)15(9-11-16(2)12-10-15)13-7-5-4-6-8-13;1-8(2)10-6-5-7-11(9(3)4)12(10)13/h2-5,10-11,13,16,19-20H,6-8H2,1H3;4-8H,3,9-12H2,1-2H3;5-9,13H,1-4H3/t10-,11+,13-,16-,17-;;/m0../s1. The summed E-state index contributed by atoms with van der Waals surface area (Å²) in [5.41, 5.74) is 5.04. The van der Waals surface area contributed by atoms with Crippen LogP contribution in [0.15, 0.2) is 72.8 Å². The molecule has 0 unspecified atom stereocenters. The van der Waals surface area contributed by atoms with Gasteiger partial charge in [0.1, 0.15) is 18.0 Å². The summed E-state index contributed by atoms with van der Waals surface area (Å²) in [6, 6.07) is 20.3. The number of carbonyl (C=O) groups excluding carboxylic acids is 1. The van der Waals surface area contributed by atoms with Gasteiger partial charge in [0.25, 0.3) is 0 Å². The predicted molar refractivity (Wildman–Crippen MR) is 205 cm³/mol. The molecule has 8 nitrogen and oxygen atoms in total. The molecule has 2 bridgehead atoms. The number of phenolic OH excluding ortho intramolecular Hbond substituents is 2. The van der Waals surface area contributed by atoms with Gasteiger partial charge >= 0.3 is 5.97 Å². The molecule has 8 heteroatoms. The molecule has 3 aromatic carbocycles. The number of aliphatic hydroxyl groups excluding tert-OH is 1. The molecule has 0 aromatic heterocycles. The van der Waals surface area contributed by atoms with E-state index in [4.69, 9.17) is 9.47 Å². The van der Waals surface area contributed by atoms with Gasteiger partial charge in [0, 0.05) is 22.9 Å². The summed E-state index contributed by atoms with van der Waals surface area (Å²) in [7, 11) is 4.29. The highest BCUT2D eigenvalue weighted by molar-refractivity contribution is 5.83. The zero-order valence-corrected chi connectivity index (χ0v) is 32.0. The molecule has 3 aromatic rings. The molecule has 5 atom stereocenters. The first-order chi connectivity index (χ1) is 24.8. The second-order valence-electron chi connectivity index (χ2n) is 16.0. The zero-order chi connectivity index (χ0) is 37.4. The van der Waals surface area contributed by atoms with Crippen LogP contribution in [0.1, 0.15) is 93.5 Å². The first-order valence-electron chi connectivity index (χ1n) is 19.2. The summed E-state index contributed by atoms with van der Waals surface area (Å²) in [6.45, 7) is 13.6. The van der Waals surface area contributed by atoms with Gasteiger partial charge < -0.3 is 34.6 Å². The van der Waals surface area contributed by atoms with Crippen molar-refractivity contribution in [2.24, 2.45) is 5.92 Å². The van der Waals surface area contributed by atoms with Crippen LogP contribution in [0.2, 0.25) is 0 Å². The average molecular weight is 711 g/mol. The van der Waals surface area contributed by atoms with Crippen molar-refractivity contribution in [1.82, 2.24) is 9.80 Å². The topological polar surface area (TPSA) is 103 Å². The van der Waals surface area contributed by atoms with Crippen LogP contribution in [-0.2, 0) is 26.8 Å². The monoisotopic (exact) mass is 710 g/mol. The second kappa shape index (κ2) is 15.2. The predicted octanol–water partition coefficient (Wildman–Crippen LogP) is 7.05. The maximum absolute atomic E-state index is 12.4. The van der Waals surface area contributed by atoms with Gasteiger partial charge in [-0.25, -0.2) is 0 Å². The van der Waals surface area contributed by atoms with E-state index in [-0.39, 0.29) is 23.2 Å². The number of esters is 1.